The average molecular weight is 208 g/mol. The molecule has 14 heavy (non-hydrogen) atoms. The van der Waals surface area contributed by atoms with E-state index in [9.17, 15) is 20.1 Å². The largest absolute Gasteiger partial charge is 0.394 e. The predicted octanol–water partition coefficient (Wildman–Crippen LogP) is -2.60. The molecule has 0 bridgehead atoms. The van der Waals surface area contributed by atoms with Crippen molar-refractivity contribution in [3.63, 3.8) is 0 Å². The molecule has 84 valence electrons. The summed E-state index contributed by atoms with van der Waals surface area (Å²) in [4.78, 5) is 10.2. The van der Waals surface area contributed by atoms with Crippen LogP contribution in [0.2, 0.25) is 0 Å². The zero-order chi connectivity index (χ0) is 11.6. The number of hydrogen-bond donors (Lipinski definition) is 5. The Morgan fingerprint density at radius 3 is 1.93 bits per heavy atom. The van der Waals surface area contributed by atoms with Crippen molar-refractivity contribution in [3.8, 4) is 0 Å². The first-order valence-corrected chi connectivity index (χ1v) is 4.08. The number of aldehydes is 1. The molecule has 0 aromatic rings. The average Bonchev–Trinajstić information content (AvgIpc) is 2.14. The van der Waals surface area contributed by atoms with Crippen molar-refractivity contribution < 1.29 is 30.3 Å². The number of aliphatic hydroxyl groups is 5. The van der Waals surface area contributed by atoms with Gasteiger partial charge in [-0.1, -0.05) is 0 Å². The second kappa shape index (κ2) is 4.33. The summed E-state index contributed by atoms with van der Waals surface area (Å²) in [5.41, 5.74) is -4.43. The van der Waals surface area contributed by atoms with Gasteiger partial charge >= 0.3 is 0 Å². The van der Waals surface area contributed by atoms with E-state index in [-0.39, 0.29) is 6.29 Å². The summed E-state index contributed by atoms with van der Waals surface area (Å²) in [5, 5.41) is 46.1. The van der Waals surface area contributed by atoms with Crippen molar-refractivity contribution in [2.24, 2.45) is 0 Å². The van der Waals surface area contributed by atoms with E-state index < -0.39 is 30.0 Å². The highest BCUT2D eigenvalue weighted by molar-refractivity contribution is 5.58. The van der Waals surface area contributed by atoms with Gasteiger partial charge in [-0.25, -0.2) is 0 Å². The molecule has 4 atom stereocenters. The Morgan fingerprint density at radius 2 is 1.64 bits per heavy atom. The molecule has 0 spiro atoms. The molecule has 0 amide bonds. The van der Waals surface area contributed by atoms with Gasteiger partial charge in [0.05, 0.1) is 6.61 Å². The van der Waals surface area contributed by atoms with Crippen LogP contribution in [0, 0.1) is 0 Å². The number of aliphatic hydroxyl groups excluding tert-OH is 3. The Morgan fingerprint density at radius 1 is 1.21 bits per heavy atom. The van der Waals surface area contributed by atoms with Crippen LogP contribution in [0.4, 0.5) is 0 Å². The van der Waals surface area contributed by atoms with E-state index in [4.69, 9.17) is 10.2 Å². The van der Waals surface area contributed by atoms with Crippen molar-refractivity contribution >= 4 is 6.29 Å². The molecule has 0 aromatic carbocycles. The number of carbonyl (C=O) groups excluding carboxylic acids is 1. The molecule has 5 N–H and O–H groups in total. The monoisotopic (exact) mass is 208 g/mol. The van der Waals surface area contributed by atoms with Crippen LogP contribution >= 0.6 is 0 Å². The van der Waals surface area contributed by atoms with Crippen LogP contribution in [0.25, 0.3) is 0 Å². The lowest BCUT2D eigenvalue weighted by Crippen LogP contribution is -2.64. The van der Waals surface area contributed by atoms with Crippen LogP contribution in [-0.4, -0.2) is 61.8 Å². The van der Waals surface area contributed by atoms with Crippen molar-refractivity contribution in [2.75, 3.05) is 6.61 Å². The molecule has 0 radical (unpaired) electrons. The van der Waals surface area contributed by atoms with Crippen LogP contribution in [0.15, 0.2) is 0 Å². The summed E-state index contributed by atoms with van der Waals surface area (Å²) >= 11 is 0. The fourth-order valence-corrected chi connectivity index (χ4v) is 0.947. The lowest BCUT2D eigenvalue weighted by Gasteiger charge is -2.42. The Kier molecular flexibility index (Phi) is 4.16. The van der Waals surface area contributed by atoms with Gasteiger partial charge in [0.25, 0.3) is 0 Å². The van der Waals surface area contributed by atoms with Gasteiger partial charge in [-0.15, -0.1) is 0 Å². The maximum absolute atomic E-state index is 10.2. The Bertz CT molecular complexity index is 200. The maximum atomic E-state index is 10.2. The van der Waals surface area contributed by atoms with Gasteiger partial charge in [-0.3, -0.25) is 0 Å². The molecule has 0 heterocycles. The quantitative estimate of drug-likeness (QED) is 0.316. The Labute approximate surface area is 81.4 Å². The van der Waals surface area contributed by atoms with Gasteiger partial charge in [-0.2, -0.15) is 0 Å². The highest BCUT2D eigenvalue weighted by atomic mass is 16.4. The number of hydrogen-bond acceptors (Lipinski definition) is 6. The molecule has 0 aliphatic rings. The van der Waals surface area contributed by atoms with E-state index in [0.29, 0.717) is 0 Å². The third-order valence-electron chi connectivity index (χ3n) is 2.55. The molecule has 6 heteroatoms. The summed E-state index contributed by atoms with van der Waals surface area (Å²) in [7, 11) is 0. The van der Waals surface area contributed by atoms with Crippen LogP contribution in [-0.2, 0) is 4.79 Å². The van der Waals surface area contributed by atoms with Gasteiger partial charge in [0.2, 0.25) is 0 Å². The van der Waals surface area contributed by atoms with E-state index in [1.54, 1.807) is 0 Å². The second-order valence-corrected chi connectivity index (χ2v) is 3.57. The first-order valence-electron chi connectivity index (χ1n) is 4.08. The smallest absolute Gasteiger partial charge is 0.151 e. The van der Waals surface area contributed by atoms with Crippen molar-refractivity contribution in [1.29, 1.82) is 0 Å². The third kappa shape index (κ3) is 2.10. The second-order valence-electron chi connectivity index (χ2n) is 3.57. The topological polar surface area (TPSA) is 118 Å². The molecule has 0 aliphatic heterocycles. The van der Waals surface area contributed by atoms with Crippen molar-refractivity contribution in [1.82, 2.24) is 0 Å². The van der Waals surface area contributed by atoms with Crippen LogP contribution < -0.4 is 0 Å². The fourth-order valence-electron chi connectivity index (χ4n) is 0.947. The predicted molar refractivity (Wildman–Crippen MR) is 46.4 cm³/mol. The molecular formula is C8H16O6. The zero-order valence-electron chi connectivity index (χ0n) is 8.08. The standard InChI is InChI=1S/C8H16O6/c1-7(13,5(11)3-9)8(2,14)6(12)4-10/h3,5-6,10-14H,4H2,1-2H3/t5-,6+,7+,8+/m0/s1. The maximum Gasteiger partial charge on any atom is 0.151 e. The molecular weight excluding hydrogens is 192 g/mol. The minimum absolute atomic E-state index is 0.0402. The van der Waals surface area contributed by atoms with Crippen LogP contribution in [0.1, 0.15) is 13.8 Å². The first kappa shape index (κ1) is 13.5. The van der Waals surface area contributed by atoms with Crippen LogP contribution in [0.3, 0.4) is 0 Å². The Hall–Kier alpha value is -0.530. The summed E-state index contributed by atoms with van der Waals surface area (Å²) in [6.07, 6.45) is -3.47. The molecule has 6 nitrogen and oxygen atoms in total. The first-order chi connectivity index (χ1) is 6.21. The summed E-state index contributed by atoms with van der Waals surface area (Å²) in [6, 6.07) is 0. The van der Waals surface area contributed by atoms with E-state index in [2.05, 4.69) is 0 Å². The highest BCUT2D eigenvalue weighted by Crippen LogP contribution is 2.28. The van der Waals surface area contributed by atoms with Gasteiger partial charge in [0.15, 0.2) is 6.29 Å². The third-order valence-corrected chi connectivity index (χ3v) is 2.55. The van der Waals surface area contributed by atoms with E-state index in [1.165, 1.54) is 0 Å². The normalized spacial score (nSPS) is 24.5. The van der Waals surface area contributed by atoms with E-state index in [1.807, 2.05) is 0 Å². The fraction of sp³-hybridized carbons (Fsp3) is 0.875. The molecule has 0 aromatic heterocycles. The van der Waals surface area contributed by atoms with Gasteiger partial charge in [-0.05, 0) is 13.8 Å². The summed E-state index contributed by atoms with van der Waals surface area (Å²) in [6.45, 7) is 1.21. The van der Waals surface area contributed by atoms with E-state index in [0.717, 1.165) is 13.8 Å². The van der Waals surface area contributed by atoms with Crippen molar-refractivity contribution in [3.05, 3.63) is 0 Å². The lowest BCUT2D eigenvalue weighted by atomic mass is 9.78. The van der Waals surface area contributed by atoms with E-state index >= 15 is 0 Å². The van der Waals surface area contributed by atoms with Crippen molar-refractivity contribution in [2.45, 2.75) is 37.3 Å². The molecule has 0 aliphatic carbocycles. The molecule has 0 fully saturated rings. The SMILES string of the molecule is C[C@@](O)([C@H](O)CO)[C@](C)(O)[C@@H](O)C=O. The summed E-state index contributed by atoms with van der Waals surface area (Å²) < 4.78 is 0. The highest BCUT2D eigenvalue weighted by Gasteiger charge is 2.51. The van der Waals surface area contributed by atoms with Crippen LogP contribution in [0.5, 0.6) is 0 Å². The molecule has 0 saturated carbocycles. The summed E-state index contributed by atoms with van der Waals surface area (Å²) in [5.74, 6) is 0. The Balaban J connectivity index is 4.94. The number of carbonyl (C=O) groups is 1. The zero-order valence-corrected chi connectivity index (χ0v) is 8.08. The van der Waals surface area contributed by atoms with Gasteiger partial charge in [0.1, 0.15) is 23.4 Å². The molecule has 0 rings (SSSR count). The molecule has 0 unspecified atom stereocenters. The molecule has 0 saturated heterocycles. The number of rotatable bonds is 5. The minimum atomic E-state index is -2.24. The van der Waals surface area contributed by atoms with Gasteiger partial charge < -0.3 is 30.3 Å². The minimum Gasteiger partial charge on any atom is -0.394 e. The lowest BCUT2D eigenvalue weighted by molar-refractivity contribution is -0.222. The van der Waals surface area contributed by atoms with Gasteiger partial charge in [0, 0.05) is 0 Å².